The van der Waals surface area contributed by atoms with Gasteiger partial charge >= 0.3 is 0 Å². The predicted molar refractivity (Wildman–Crippen MR) is 124 cm³/mol. The molecule has 0 saturated heterocycles. The summed E-state index contributed by atoms with van der Waals surface area (Å²) in [5, 5.41) is 11.9. The number of aliphatic hydroxyl groups is 1. The van der Waals surface area contributed by atoms with Crippen LogP contribution in [-0.4, -0.2) is 17.0 Å². The first-order valence-electron chi connectivity index (χ1n) is 10.8. The van der Waals surface area contributed by atoms with Crippen LogP contribution in [0.5, 0.6) is 0 Å². The van der Waals surface area contributed by atoms with Crippen molar-refractivity contribution in [2.75, 3.05) is 5.75 Å². The number of aliphatic hydroxyl groups excluding tert-OH is 1. The molecule has 2 aromatic rings. The van der Waals surface area contributed by atoms with E-state index in [0.29, 0.717) is 0 Å². The second-order valence-corrected chi connectivity index (χ2v) is 9.39. The number of benzene rings is 2. The number of halogens is 1. The van der Waals surface area contributed by atoms with Crippen molar-refractivity contribution >= 4 is 11.8 Å². The average molecular weight is 433 g/mol. The Morgan fingerprint density at radius 3 is 2.20 bits per heavy atom. The van der Waals surface area contributed by atoms with E-state index in [0.717, 1.165) is 49.8 Å². The van der Waals surface area contributed by atoms with Gasteiger partial charge in [-0.05, 0) is 49.1 Å². The van der Waals surface area contributed by atoms with E-state index in [2.05, 4.69) is 39.0 Å². The first-order chi connectivity index (χ1) is 14.5. The maximum Gasteiger partial charge on any atom is 0.123 e. The first kappa shape index (κ1) is 24.5. The second-order valence-electron chi connectivity index (χ2n) is 8.37. The number of rotatable bonds is 7. The molecule has 0 fully saturated rings. The summed E-state index contributed by atoms with van der Waals surface area (Å²) in [6.07, 6.45) is 6.16. The fourth-order valence-corrected chi connectivity index (χ4v) is 5.95. The van der Waals surface area contributed by atoms with E-state index < -0.39 is 6.10 Å². The molecule has 0 saturated carbocycles. The SMILES string of the molecule is CCCCC1(CCCC)CSc2ccc(C)cc2[C@@H](c2ccc(F)cc2)[C@H]1O.O=O. The number of hydrogen-bond donors (Lipinski definition) is 1. The molecule has 0 amide bonds. The van der Waals surface area contributed by atoms with Crippen molar-refractivity contribution in [2.24, 2.45) is 5.41 Å². The molecule has 1 aliphatic heterocycles. The summed E-state index contributed by atoms with van der Waals surface area (Å²) >= 11 is 1.90. The van der Waals surface area contributed by atoms with Crippen LogP contribution in [0.15, 0.2) is 47.4 Å². The topological polar surface area (TPSA) is 54.4 Å². The van der Waals surface area contributed by atoms with Gasteiger partial charge in [-0.15, -0.1) is 11.8 Å². The number of hydrogen-bond acceptors (Lipinski definition) is 4. The molecule has 3 nitrogen and oxygen atoms in total. The van der Waals surface area contributed by atoms with E-state index in [1.165, 1.54) is 28.2 Å². The van der Waals surface area contributed by atoms with E-state index in [1.54, 1.807) is 0 Å². The fourth-order valence-electron chi connectivity index (χ4n) is 4.53. The van der Waals surface area contributed by atoms with Crippen LogP contribution in [0, 0.1) is 28.1 Å². The molecule has 0 spiro atoms. The highest BCUT2D eigenvalue weighted by molar-refractivity contribution is 7.99. The van der Waals surface area contributed by atoms with E-state index in [9.17, 15) is 9.50 Å². The molecular formula is C25H33FO3S. The maximum absolute atomic E-state index is 13.6. The van der Waals surface area contributed by atoms with Crippen molar-refractivity contribution in [2.45, 2.75) is 76.2 Å². The van der Waals surface area contributed by atoms with E-state index in [4.69, 9.17) is 9.93 Å². The Bertz CT molecular complexity index is 785. The molecule has 30 heavy (non-hydrogen) atoms. The standard InChI is InChI=1S/C25H33FOS.O2/c1-4-6-14-25(15-7-5-2)17-28-22-13-8-18(3)16-21(22)23(24(25)27)19-9-11-20(26)12-10-19;1-2/h8-13,16,23-24,27H,4-7,14-15,17H2,1-3H3;/t23-,24-;/m1./s1. The second kappa shape index (κ2) is 11.6. The quantitative estimate of drug-likeness (QED) is 0.504. The molecule has 1 N–H and O–H groups in total. The van der Waals surface area contributed by atoms with Crippen molar-refractivity contribution < 1.29 is 9.50 Å². The van der Waals surface area contributed by atoms with Crippen LogP contribution in [0.1, 0.15) is 75.0 Å². The monoisotopic (exact) mass is 432 g/mol. The van der Waals surface area contributed by atoms with Gasteiger partial charge in [0.05, 0.1) is 6.10 Å². The van der Waals surface area contributed by atoms with Gasteiger partial charge in [0.1, 0.15) is 5.82 Å². The zero-order chi connectivity index (χ0) is 22.1. The Labute approximate surface area is 183 Å². The summed E-state index contributed by atoms with van der Waals surface area (Å²) in [6, 6.07) is 13.3. The summed E-state index contributed by atoms with van der Waals surface area (Å²) in [5.41, 5.74) is 3.30. The van der Waals surface area contributed by atoms with Crippen molar-refractivity contribution in [1.29, 1.82) is 0 Å². The zero-order valence-corrected chi connectivity index (χ0v) is 19.0. The molecule has 1 aliphatic rings. The predicted octanol–water partition coefficient (Wildman–Crippen LogP) is 7.17. The van der Waals surface area contributed by atoms with Gasteiger partial charge in [-0.2, -0.15) is 0 Å². The van der Waals surface area contributed by atoms with E-state index in [-0.39, 0.29) is 17.2 Å². The van der Waals surface area contributed by atoms with Crippen LogP contribution in [0.3, 0.4) is 0 Å². The maximum atomic E-state index is 13.6. The van der Waals surface area contributed by atoms with Gasteiger partial charge in [-0.25, -0.2) is 4.39 Å². The number of aryl methyl sites for hydroxylation is 1. The zero-order valence-electron chi connectivity index (χ0n) is 18.2. The van der Waals surface area contributed by atoms with E-state index in [1.807, 2.05) is 23.9 Å². The average Bonchev–Trinajstić information content (AvgIpc) is 2.88. The Balaban J connectivity index is 0.00000155. The van der Waals surface area contributed by atoms with Crippen molar-refractivity contribution in [3.63, 3.8) is 0 Å². The van der Waals surface area contributed by atoms with Gasteiger partial charge in [-0.3, -0.25) is 0 Å². The molecule has 5 heteroatoms. The molecule has 0 radical (unpaired) electrons. The lowest BCUT2D eigenvalue weighted by atomic mass is 9.68. The summed E-state index contributed by atoms with van der Waals surface area (Å²) < 4.78 is 13.6. The minimum atomic E-state index is -0.466. The third kappa shape index (κ3) is 5.50. The number of unbranched alkanes of at least 4 members (excludes halogenated alkanes) is 2. The van der Waals surface area contributed by atoms with Gasteiger partial charge in [-0.1, -0.05) is 69.4 Å². The molecule has 0 bridgehead atoms. The molecule has 1 heterocycles. The van der Waals surface area contributed by atoms with Crippen molar-refractivity contribution in [3.8, 4) is 0 Å². The minimum Gasteiger partial charge on any atom is -0.392 e. The lowest BCUT2D eigenvalue weighted by Gasteiger charge is -2.40. The lowest BCUT2D eigenvalue weighted by molar-refractivity contribution is 0.0135. The molecule has 0 aromatic heterocycles. The first-order valence-corrected chi connectivity index (χ1v) is 11.8. The molecular weight excluding hydrogens is 399 g/mol. The minimum absolute atomic E-state index is 0.108. The van der Waals surface area contributed by atoms with Crippen LogP contribution >= 0.6 is 11.8 Å². The summed E-state index contributed by atoms with van der Waals surface area (Å²) in [6.45, 7) is 6.55. The normalized spacial score (nSPS) is 19.9. The molecule has 2 aromatic carbocycles. The summed E-state index contributed by atoms with van der Waals surface area (Å²) in [5.74, 6) is 0.607. The summed E-state index contributed by atoms with van der Waals surface area (Å²) in [7, 11) is 0. The molecule has 164 valence electrons. The highest BCUT2D eigenvalue weighted by Crippen LogP contribution is 2.51. The van der Waals surface area contributed by atoms with Gasteiger partial charge in [0.25, 0.3) is 0 Å². The molecule has 2 atom stereocenters. The van der Waals surface area contributed by atoms with E-state index >= 15 is 0 Å². The van der Waals surface area contributed by atoms with Crippen molar-refractivity contribution in [3.05, 3.63) is 74.9 Å². The van der Waals surface area contributed by atoms with Crippen LogP contribution in [0.4, 0.5) is 4.39 Å². The fraction of sp³-hybridized carbons (Fsp3) is 0.520. The highest BCUT2D eigenvalue weighted by Gasteiger charge is 2.45. The van der Waals surface area contributed by atoms with Gasteiger partial charge in [0, 0.05) is 31.9 Å². The van der Waals surface area contributed by atoms with Gasteiger partial charge in [0.2, 0.25) is 0 Å². The molecule has 0 aliphatic carbocycles. The van der Waals surface area contributed by atoms with Gasteiger partial charge in [0.15, 0.2) is 0 Å². The van der Waals surface area contributed by atoms with Gasteiger partial charge < -0.3 is 5.11 Å². The Kier molecular flexibility index (Phi) is 9.50. The van der Waals surface area contributed by atoms with Crippen molar-refractivity contribution in [1.82, 2.24) is 0 Å². The molecule has 3 rings (SSSR count). The van der Waals surface area contributed by atoms with Crippen LogP contribution in [0.25, 0.3) is 0 Å². The Morgan fingerprint density at radius 1 is 1.03 bits per heavy atom. The Hall–Kier alpha value is -1.72. The largest absolute Gasteiger partial charge is 0.392 e. The highest BCUT2D eigenvalue weighted by atomic mass is 32.2. The van der Waals surface area contributed by atoms with Crippen LogP contribution in [0.2, 0.25) is 0 Å². The number of thioether (sulfide) groups is 1. The number of fused-ring (bicyclic) bond motifs is 1. The molecule has 0 unspecified atom stereocenters. The van der Waals surface area contributed by atoms with Crippen LogP contribution < -0.4 is 0 Å². The Morgan fingerprint density at radius 2 is 1.63 bits per heavy atom. The smallest absolute Gasteiger partial charge is 0.123 e. The summed E-state index contributed by atoms with van der Waals surface area (Å²) in [4.78, 5) is 15.3. The third-order valence-corrected chi connectivity index (χ3v) is 7.65. The van der Waals surface area contributed by atoms with Crippen LogP contribution in [-0.2, 0) is 0 Å². The lowest BCUT2D eigenvalue weighted by Crippen LogP contribution is -2.41. The third-order valence-electron chi connectivity index (χ3n) is 6.24.